The van der Waals surface area contributed by atoms with E-state index in [4.69, 9.17) is 4.74 Å². The topological polar surface area (TPSA) is 26.3 Å². The van der Waals surface area contributed by atoms with E-state index >= 15 is 0 Å². The Kier molecular flexibility index (Phi) is 5.36. The molecule has 2 rings (SSSR count). The Morgan fingerprint density at radius 2 is 1.70 bits per heavy atom. The van der Waals surface area contributed by atoms with Crippen molar-refractivity contribution in [1.29, 1.82) is 0 Å². The van der Waals surface area contributed by atoms with Gasteiger partial charge in [0.25, 0.3) is 0 Å². The molecule has 0 saturated heterocycles. The second-order valence-electron chi connectivity index (χ2n) is 4.61. The van der Waals surface area contributed by atoms with Gasteiger partial charge in [-0.15, -0.1) is 0 Å². The van der Waals surface area contributed by atoms with E-state index in [2.05, 4.69) is 22.9 Å². The molecular formula is C17H17BrO2. The van der Waals surface area contributed by atoms with Gasteiger partial charge < -0.3 is 4.74 Å². The van der Waals surface area contributed by atoms with Gasteiger partial charge in [0.2, 0.25) is 0 Å². The Balaban J connectivity index is 1.91. The Hall–Kier alpha value is -1.61. The SMILES string of the molecule is CCCc1ccc(OCC(=O)c2ccc(Br)cc2)cc1. The summed E-state index contributed by atoms with van der Waals surface area (Å²) in [7, 11) is 0. The molecule has 0 spiro atoms. The zero-order chi connectivity index (χ0) is 14.4. The summed E-state index contributed by atoms with van der Waals surface area (Å²) in [4.78, 5) is 12.0. The van der Waals surface area contributed by atoms with Gasteiger partial charge in [-0.25, -0.2) is 0 Å². The predicted octanol–water partition coefficient (Wildman–Crippen LogP) is 4.66. The fraction of sp³-hybridized carbons (Fsp3) is 0.235. The second-order valence-corrected chi connectivity index (χ2v) is 5.53. The van der Waals surface area contributed by atoms with Crippen molar-refractivity contribution in [2.75, 3.05) is 6.61 Å². The average molecular weight is 333 g/mol. The molecular weight excluding hydrogens is 316 g/mol. The molecule has 0 saturated carbocycles. The van der Waals surface area contributed by atoms with Crippen LogP contribution in [0.2, 0.25) is 0 Å². The molecule has 0 aliphatic heterocycles. The van der Waals surface area contributed by atoms with Crippen molar-refractivity contribution < 1.29 is 9.53 Å². The smallest absolute Gasteiger partial charge is 0.200 e. The molecule has 0 heterocycles. The van der Waals surface area contributed by atoms with Gasteiger partial charge in [-0.1, -0.05) is 53.5 Å². The first-order valence-electron chi connectivity index (χ1n) is 6.69. The molecule has 0 aromatic heterocycles. The third-order valence-electron chi connectivity index (χ3n) is 3.00. The van der Waals surface area contributed by atoms with Crippen LogP contribution in [0.1, 0.15) is 29.3 Å². The van der Waals surface area contributed by atoms with E-state index < -0.39 is 0 Å². The summed E-state index contributed by atoms with van der Waals surface area (Å²) in [5.74, 6) is 0.713. The molecule has 3 heteroatoms. The number of Topliss-reactive ketones (excluding diaryl/α,β-unsaturated/α-hetero) is 1. The van der Waals surface area contributed by atoms with Crippen LogP contribution in [0, 0.1) is 0 Å². The van der Waals surface area contributed by atoms with Gasteiger partial charge in [-0.05, 0) is 36.2 Å². The lowest BCUT2D eigenvalue weighted by Gasteiger charge is -2.06. The van der Waals surface area contributed by atoms with Crippen LogP contribution < -0.4 is 4.74 Å². The maximum absolute atomic E-state index is 12.0. The van der Waals surface area contributed by atoms with Gasteiger partial charge in [-0.2, -0.15) is 0 Å². The van der Waals surface area contributed by atoms with Crippen molar-refractivity contribution >= 4 is 21.7 Å². The number of ether oxygens (including phenoxy) is 1. The van der Waals surface area contributed by atoms with Crippen LogP contribution in [-0.4, -0.2) is 12.4 Å². The first kappa shape index (κ1) is 14.8. The fourth-order valence-corrected chi connectivity index (χ4v) is 2.17. The molecule has 0 atom stereocenters. The maximum atomic E-state index is 12.0. The minimum atomic E-state index is -0.0184. The van der Waals surface area contributed by atoms with E-state index in [9.17, 15) is 4.79 Å². The number of aryl methyl sites for hydroxylation is 1. The quantitative estimate of drug-likeness (QED) is 0.719. The number of carbonyl (C=O) groups is 1. The summed E-state index contributed by atoms with van der Waals surface area (Å²) < 4.78 is 6.48. The number of halogens is 1. The summed E-state index contributed by atoms with van der Waals surface area (Å²) in [6.07, 6.45) is 2.19. The van der Waals surface area contributed by atoms with Crippen molar-refractivity contribution in [2.24, 2.45) is 0 Å². The van der Waals surface area contributed by atoms with Gasteiger partial charge in [0.15, 0.2) is 12.4 Å². The highest BCUT2D eigenvalue weighted by Gasteiger charge is 2.06. The Morgan fingerprint density at radius 3 is 2.30 bits per heavy atom. The van der Waals surface area contributed by atoms with Gasteiger partial charge in [0.1, 0.15) is 5.75 Å². The summed E-state index contributed by atoms with van der Waals surface area (Å²) >= 11 is 3.35. The number of rotatable bonds is 6. The number of carbonyl (C=O) groups excluding carboxylic acids is 1. The van der Waals surface area contributed by atoms with Gasteiger partial charge in [0.05, 0.1) is 0 Å². The van der Waals surface area contributed by atoms with Crippen LogP contribution in [0.25, 0.3) is 0 Å². The van der Waals surface area contributed by atoms with Crippen LogP contribution in [0.3, 0.4) is 0 Å². The van der Waals surface area contributed by atoms with Crippen molar-refractivity contribution in [2.45, 2.75) is 19.8 Å². The lowest BCUT2D eigenvalue weighted by atomic mass is 10.1. The Labute approximate surface area is 127 Å². The molecule has 0 fully saturated rings. The molecule has 2 aromatic carbocycles. The zero-order valence-corrected chi connectivity index (χ0v) is 13.0. The maximum Gasteiger partial charge on any atom is 0.200 e. The van der Waals surface area contributed by atoms with E-state index in [-0.39, 0.29) is 12.4 Å². The third-order valence-corrected chi connectivity index (χ3v) is 3.53. The molecule has 0 aliphatic carbocycles. The molecule has 0 radical (unpaired) electrons. The number of hydrogen-bond donors (Lipinski definition) is 0. The fourth-order valence-electron chi connectivity index (χ4n) is 1.91. The van der Waals surface area contributed by atoms with E-state index in [1.54, 1.807) is 12.1 Å². The second kappa shape index (κ2) is 7.25. The van der Waals surface area contributed by atoms with Crippen molar-refractivity contribution in [1.82, 2.24) is 0 Å². The highest BCUT2D eigenvalue weighted by Crippen LogP contribution is 2.15. The number of hydrogen-bond acceptors (Lipinski definition) is 2. The van der Waals surface area contributed by atoms with Gasteiger partial charge in [0, 0.05) is 10.0 Å². The minimum absolute atomic E-state index is 0.0184. The van der Waals surface area contributed by atoms with Crippen molar-refractivity contribution in [3.05, 3.63) is 64.1 Å². The van der Waals surface area contributed by atoms with Crippen molar-refractivity contribution in [3.8, 4) is 5.75 Å². The molecule has 0 amide bonds. The van der Waals surface area contributed by atoms with Crippen LogP contribution in [0.15, 0.2) is 53.0 Å². The number of benzene rings is 2. The zero-order valence-electron chi connectivity index (χ0n) is 11.4. The minimum Gasteiger partial charge on any atom is -0.485 e. The van der Waals surface area contributed by atoms with E-state index in [0.717, 1.165) is 23.1 Å². The van der Waals surface area contributed by atoms with Crippen LogP contribution in [0.4, 0.5) is 0 Å². The lowest BCUT2D eigenvalue weighted by Crippen LogP contribution is -2.11. The van der Waals surface area contributed by atoms with E-state index in [1.807, 2.05) is 36.4 Å². The lowest BCUT2D eigenvalue weighted by molar-refractivity contribution is 0.0921. The normalized spacial score (nSPS) is 10.3. The molecule has 2 aromatic rings. The predicted molar refractivity (Wildman–Crippen MR) is 84.4 cm³/mol. The molecule has 0 bridgehead atoms. The first-order valence-corrected chi connectivity index (χ1v) is 7.49. The van der Waals surface area contributed by atoms with Crippen LogP contribution >= 0.6 is 15.9 Å². The van der Waals surface area contributed by atoms with Gasteiger partial charge >= 0.3 is 0 Å². The molecule has 0 N–H and O–H groups in total. The number of ketones is 1. The molecule has 0 aliphatic rings. The Bertz CT molecular complexity index is 559. The summed E-state index contributed by atoms with van der Waals surface area (Å²) in [5.41, 5.74) is 1.95. The van der Waals surface area contributed by atoms with Gasteiger partial charge in [-0.3, -0.25) is 4.79 Å². The molecule has 2 nitrogen and oxygen atoms in total. The average Bonchev–Trinajstić information content (AvgIpc) is 2.47. The largest absolute Gasteiger partial charge is 0.485 e. The molecule has 104 valence electrons. The summed E-state index contributed by atoms with van der Waals surface area (Å²) in [5, 5.41) is 0. The summed E-state index contributed by atoms with van der Waals surface area (Å²) in [6.45, 7) is 2.22. The highest BCUT2D eigenvalue weighted by molar-refractivity contribution is 9.10. The third kappa shape index (κ3) is 4.20. The van der Waals surface area contributed by atoms with Crippen LogP contribution in [0.5, 0.6) is 5.75 Å². The summed E-state index contributed by atoms with van der Waals surface area (Å²) in [6, 6.07) is 15.2. The van der Waals surface area contributed by atoms with Crippen molar-refractivity contribution in [3.63, 3.8) is 0 Å². The monoisotopic (exact) mass is 332 g/mol. The molecule has 20 heavy (non-hydrogen) atoms. The molecule has 0 unspecified atom stereocenters. The van der Waals surface area contributed by atoms with E-state index in [0.29, 0.717) is 5.56 Å². The standard InChI is InChI=1S/C17H17BrO2/c1-2-3-13-4-10-16(11-5-13)20-12-17(19)14-6-8-15(18)9-7-14/h4-11H,2-3,12H2,1H3. The van der Waals surface area contributed by atoms with Crippen LogP contribution in [-0.2, 0) is 6.42 Å². The first-order chi connectivity index (χ1) is 9.69. The highest BCUT2D eigenvalue weighted by atomic mass is 79.9. The Morgan fingerprint density at radius 1 is 1.05 bits per heavy atom. The van der Waals surface area contributed by atoms with E-state index in [1.165, 1.54) is 5.56 Å².